The lowest BCUT2D eigenvalue weighted by atomic mass is 10.0. The van der Waals surface area contributed by atoms with E-state index in [0.717, 1.165) is 34.5 Å². The molecule has 8 heteroatoms. The Kier molecular flexibility index (Phi) is 5.70. The molecule has 0 radical (unpaired) electrons. The van der Waals surface area contributed by atoms with Crippen LogP contribution in [0.5, 0.6) is 10.9 Å². The smallest absolute Gasteiger partial charge is 0.274 e. The Morgan fingerprint density at radius 3 is 2.66 bits per heavy atom. The quantitative estimate of drug-likeness (QED) is 0.591. The highest BCUT2D eigenvalue weighted by molar-refractivity contribution is 7.20. The number of hydrogen-bond acceptors (Lipinski definition) is 6. The maximum Gasteiger partial charge on any atom is 0.274 e. The molecule has 0 spiro atoms. The second kappa shape index (κ2) is 8.78. The average Bonchev–Trinajstić information content (AvgIpc) is 3.41. The summed E-state index contributed by atoms with van der Waals surface area (Å²) >= 11 is 1.52. The van der Waals surface area contributed by atoms with Gasteiger partial charge in [-0.05, 0) is 24.3 Å². The van der Waals surface area contributed by atoms with Crippen LogP contribution in [0, 0.1) is 5.92 Å². The number of benzene rings is 2. The normalized spacial score (nSPS) is 19.5. The van der Waals surface area contributed by atoms with Gasteiger partial charge in [-0.15, -0.1) is 0 Å². The standard InChI is InChI=1S/C24H25N3O4S/c1-30-19-7-8-21-20(14-19)25-24(32-21)31-18-9-11-26(12-10-18)23(29)16-13-22(28)27(15-16)17-5-3-2-4-6-17/h2-8,14,16,18H,9-13,15H2,1H3. The first-order valence-corrected chi connectivity index (χ1v) is 11.7. The predicted octanol–water partition coefficient (Wildman–Crippen LogP) is 3.73. The number of amides is 2. The summed E-state index contributed by atoms with van der Waals surface area (Å²) in [4.78, 5) is 33.7. The molecule has 1 unspecified atom stereocenters. The largest absolute Gasteiger partial charge is 0.497 e. The van der Waals surface area contributed by atoms with E-state index in [1.165, 1.54) is 11.3 Å². The van der Waals surface area contributed by atoms with Crippen molar-refractivity contribution < 1.29 is 19.1 Å². The van der Waals surface area contributed by atoms with Crippen LogP contribution < -0.4 is 14.4 Å². The molecular weight excluding hydrogens is 426 g/mol. The molecule has 2 amide bonds. The molecule has 2 aliphatic heterocycles. The van der Waals surface area contributed by atoms with Crippen molar-refractivity contribution in [1.29, 1.82) is 0 Å². The molecule has 2 aliphatic rings. The molecular formula is C24H25N3O4S. The van der Waals surface area contributed by atoms with Crippen LogP contribution in [0.4, 0.5) is 5.69 Å². The monoisotopic (exact) mass is 451 g/mol. The highest BCUT2D eigenvalue weighted by Crippen LogP contribution is 2.32. The first kappa shape index (κ1) is 20.8. The number of thiazole rings is 1. The molecule has 3 heterocycles. The summed E-state index contributed by atoms with van der Waals surface area (Å²) in [5, 5.41) is 0.651. The number of ether oxygens (including phenoxy) is 2. The maximum absolute atomic E-state index is 13.0. The fourth-order valence-electron chi connectivity index (χ4n) is 4.39. The summed E-state index contributed by atoms with van der Waals surface area (Å²) < 4.78 is 12.4. The zero-order valence-corrected chi connectivity index (χ0v) is 18.7. The number of nitrogens with zero attached hydrogens (tertiary/aromatic N) is 3. The second-order valence-electron chi connectivity index (χ2n) is 8.20. The fourth-order valence-corrected chi connectivity index (χ4v) is 5.25. The molecule has 3 aromatic rings. The summed E-state index contributed by atoms with van der Waals surface area (Å²) in [6.07, 6.45) is 1.83. The molecule has 0 saturated carbocycles. The van der Waals surface area contributed by atoms with Gasteiger partial charge < -0.3 is 19.3 Å². The molecule has 0 bridgehead atoms. The van der Waals surface area contributed by atoms with Crippen molar-refractivity contribution in [2.24, 2.45) is 5.92 Å². The van der Waals surface area contributed by atoms with Crippen LogP contribution in [0.3, 0.4) is 0 Å². The van der Waals surface area contributed by atoms with Crippen LogP contribution in [0.15, 0.2) is 48.5 Å². The van der Waals surface area contributed by atoms with Crippen LogP contribution in [0.1, 0.15) is 19.3 Å². The van der Waals surface area contributed by atoms with Gasteiger partial charge in [-0.3, -0.25) is 9.59 Å². The molecule has 5 rings (SSSR count). The fraction of sp³-hybridized carbons (Fsp3) is 0.375. The minimum atomic E-state index is -0.278. The number of hydrogen-bond donors (Lipinski definition) is 0. The van der Waals surface area contributed by atoms with Crippen molar-refractivity contribution in [3.8, 4) is 10.9 Å². The second-order valence-corrected chi connectivity index (χ2v) is 9.19. The Bertz CT molecular complexity index is 1120. The van der Waals surface area contributed by atoms with Crippen molar-refractivity contribution in [2.45, 2.75) is 25.4 Å². The van der Waals surface area contributed by atoms with E-state index in [4.69, 9.17) is 9.47 Å². The Morgan fingerprint density at radius 1 is 1.12 bits per heavy atom. The third-order valence-electron chi connectivity index (χ3n) is 6.14. The number of carbonyl (C=O) groups excluding carboxylic acids is 2. The lowest BCUT2D eigenvalue weighted by molar-refractivity contribution is -0.137. The molecule has 166 valence electrons. The van der Waals surface area contributed by atoms with Crippen molar-refractivity contribution in [3.05, 3.63) is 48.5 Å². The number of para-hydroxylation sites is 1. The summed E-state index contributed by atoms with van der Waals surface area (Å²) in [5.74, 6) is 0.583. The van der Waals surface area contributed by atoms with E-state index >= 15 is 0 Å². The van der Waals surface area contributed by atoms with Gasteiger partial charge in [0.05, 0.1) is 23.2 Å². The van der Waals surface area contributed by atoms with E-state index < -0.39 is 0 Å². The van der Waals surface area contributed by atoms with Gasteiger partial charge in [0, 0.05) is 50.7 Å². The lowest BCUT2D eigenvalue weighted by Gasteiger charge is -2.33. The number of anilines is 1. The first-order valence-electron chi connectivity index (χ1n) is 10.9. The number of likely N-dealkylation sites (tertiary alicyclic amines) is 1. The number of rotatable bonds is 5. The van der Waals surface area contributed by atoms with E-state index in [1.807, 2.05) is 53.4 Å². The van der Waals surface area contributed by atoms with Gasteiger partial charge in [-0.25, -0.2) is 4.98 Å². The van der Waals surface area contributed by atoms with Crippen LogP contribution in [-0.4, -0.2) is 54.5 Å². The number of carbonyl (C=O) groups is 2. The van der Waals surface area contributed by atoms with Gasteiger partial charge in [0.25, 0.3) is 5.19 Å². The van der Waals surface area contributed by atoms with Gasteiger partial charge in [-0.2, -0.15) is 0 Å². The van der Waals surface area contributed by atoms with E-state index in [0.29, 0.717) is 24.8 Å². The lowest BCUT2D eigenvalue weighted by Crippen LogP contribution is -2.44. The SMILES string of the molecule is COc1ccc2sc(OC3CCN(C(=O)C4CC(=O)N(c5ccccc5)C4)CC3)nc2c1. The van der Waals surface area contributed by atoms with Crippen LogP contribution >= 0.6 is 11.3 Å². The summed E-state index contributed by atoms with van der Waals surface area (Å²) in [5.41, 5.74) is 1.72. The minimum absolute atomic E-state index is 0.0141. The number of piperidine rings is 1. The van der Waals surface area contributed by atoms with E-state index in [-0.39, 0.29) is 30.3 Å². The zero-order valence-electron chi connectivity index (χ0n) is 17.9. The maximum atomic E-state index is 13.0. The Balaban J connectivity index is 1.16. The Morgan fingerprint density at radius 2 is 1.91 bits per heavy atom. The van der Waals surface area contributed by atoms with Gasteiger partial charge in [0.1, 0.15) is 11.9 Å². The van der Waals surface area contributed by atoms with Crippen molar-refractivity contribution in [1.82, 2.24) is 9.88 Å². The molecule has 1 atom stereocenters. The molecule has 7 nitrogen and oxygen atoms in total. The molecule has 32 heavy (non-hydrogen) atoms. The van der Waals surface area contributed by atoms with Crippen molar-refractivity contribution in [2.75, 3.05) is 31.6 Å². The minimum Gasteiger partial charge on any atom is -0.497 e. The number of methoxy groups -OCH3 is 1. The highest BCUT2D eigenvalue weighted by atomic mass is 32.1. The molecule has 0 aliphatic carbocycles. The Labute approximate surface area is 190 Å². The van der Waals surface area contributed by atoms with Crippen LogP contribution in [0.2, 0.25) is 0 Å². The highest BCUT2D eigenvalue weighted by Gasteiger charge is 2.38. The first-order chi connectivity index (χ1) is 15.6. The summed E-state index contributed by atoms with van der Waals surface area (Å²) in [6.45, 7) is 1.73. The van der Waals surface area contributed by atoms with Gasteiger partial charge in [-0.1, -0.05) is 29.5 Å². The van der Waals surface area contributed by atoms with E-state index in [1.54, 1.807) is 12.0 Å². The predicted molar refractivity (Wildman–Crippen MR) is 123 cm³/mol. The van der Waals surface area contributed by atoms with E-state index in [9.17, 15) is 9.59 Å². The van der Waals surface area contributed by atoms with Crippen molar-refractivity contribution in [3.63, 3.8) is 0 Å². The van der Waals surface area contributed by atoms with Gasteiger partial charge >= 0.3 is 0 Å². The average molecular weight is 452 g/mol. The van der Waals surface area contributed by atoms with Crippen LogP contribution in [0.25, 0.3) is 10.2 Å². The topological polar surface area (TPSA) is 72.0 Å². The molecule has 1 aromatic heterocycles. The number of fused-ring (bicyclic) bond motifs is 1. The number of aromatic nitrogens is 1. The molecule has 2 aromatic carbocycles. The van der Waals surface area contributed by atoms with Crippen LogP contribution in [-0.2, 0) is 9.59 Å². The van der Waals surface area contributed by atoms with E-state index in [2.05, 4.69) is 4.98 Å². The summed E-state index contributed by atoms with van der Waals surface area (Å²) in [6, 6.07) is 15.4. The summed E-state index contributed by atoms with van der Waals surface area (Å²) in [7, 11) is 1.64. The molecule has 2 fully saturated rings. The molecule has 2 saturated heterocycles. The van der Waals surface area contributed by atoms with Gasteiger partial charge in [0.15, 0.2) is 0 Å². The Hall–Kier alpha value is -3.13. The third-order valence-corrected chi connectivity index (χ3v) is 7.07. The third kappa shape index (κ3) is 4.14. The van der Waals surface area contributed by atoms with Crippen molar-refractivity contribution >= 4 is 39.1 Å². The van der Waals surface area contributed by atoms with Gasteiger partial charge in [0.2, 0.25) is 11.8 Å². The molecule has 0 N–H and O–H groups in total. The zero-order chi connectivity index (χ0) is 22.1.